The molecule has 0 saturated carbocycles. The van der Waals surface area contributed by atoms with Gasteiger partial charge in [-0.05, 0) is 30.0 Å². The molecule has 2 saturated heterocycles. The zero-order valence-electron chi connectivity index (χ0n) is 18.2. The van der Waals surface area contributed by atoms with Crippen LogP contribution in [0.15, 0.2) is 36.5 Å². The number of pyridine rings is 1. The molecular weight excluding hydrogens is 471 g/mol. The maximum atomic E-state index is 13.3. The monoisotopic (exact) mass is 493 g/mol. The average Bonchev–Trinajstić information content (AvgIpc) is 3.02. The molecule has 3 amide bonds. The first kappa shape index (κ1) is 22.9. The van der Waals surface area contributed by atoms with Crippen molar-refractivity contribution in [2.45, 2.75) is 31.0 Å². The Morgan fingerprint density at radius 1 is 1.09 bits per heavy atom. The van der Waals surface area contributed by atoms with Crippen LogP contribution in [0.2, 0.25) is 5.02 Å². The van der Waals surface area contributed by atoms with Crippen LogP contribution in [0.5, 0.6) is 0 Å². The van der Waals surface area contributed by atoms with Crippen molar-refractivity contribution in [3.05, 3.63) is 58.2 Å². The molecular formula is C23H23ClF3N5O2. The third kappa shape index (κ3) is 4.09. The van der Waals surface area contributed by atoms with E-state index < -0.39 is 17.3 Å². The smallest absolute Gasteiger partial charge is 0.353 e. The van der Waals surface area contributed by atoms with Gasteiger partial charge in [-0.15, -0.1) is 0 Å². The van der Waals surface area contributed by atoms with Crippen LogP contribution in [0.1, 0.15) is 23.1 Å². The predicted molar refractivity (Wildman–Crippen MR) is 119 cm³/mol. The second-order valence-corrected chi connectivity index (χ2v) is 9.37. The lowest BCUT2D eigenvalue weighted by atomic mass is 9.78. The molecule has 1 aliphatic carbocycles. The predicted octanol–water partition coefficient (Wildman–Crippen LogP) is 3.31. The number of hydrogen-bond acceptors (Lipinski definition) is 5. The maximum absolute atomic E-state index is 13.3. The Morgan fingerprint density at radius 3 is 2.47 bits per heavy atom. The molecule has 7 nitrogen and oxygen atoms in total. The number of nitrogens with zero attached hydrogens (tertiary/aromatic N) is 4. The lowest BCUT2D eigenvalue weighted by Crippen LogP contribution is -2.53. The van der Waals surface area contributed by atoms with E-state index in [2.05, 4.69) is 16.4 Å². The van der Waals surface area contributed by atoms with Crippen LogP contribution in [0.25, 0.3) is 0 Å². The number of rotatable bonds is 3. The first-order valence-corrected chi connectivity index (χ1v) is 11.4. The molecule has 2 fully saturated rings. The number of anilines is 1. The standard InChI is InChI=1S/C23H23ClF3N5O2/c24-18-11-17(23(25,26)27)13-28-19(18)31-9-7-30(8-10-31)14-32-20(33)22(29-21(32)34)6-5-15-3-1-2-4-16(15)12-22/h1-4,11,13H,5-10,12,14H2,(H,29,34). The lowest BCUT2D eigenvalue weighted by Gasteiger charge is -2.37. The summed E-state index contributed by atoms with van der Waals surface area (Å²) in [6.45, 7) is 2.09. The second-order valence-electron chi connectivity index (χ2n) is 8.96. The summed E-state index contributed by atoms with van der Waals surface area (Å²) in [4.78, 5) is 35.0. The van der Waals surface area contributed by atoms with Crippen molar-refractivity contribution >= 4 is 29.4 Å². The van der Waals surface area contributed by atoms with E-state index in [0.29, 0.717) is 44.8 Å². The fourth-order valence-electron chi connectivity index (χ4n) is 4.95. The number of alkyl halides is 3. The van der Waals surface area contributed by atoms with Crippen molar-refractivity contribution in [3.63, 3.8) is 0 Å². The zero-order valence-corrected chi connectivity index (χ0v) is 19.0. The highest BCUT2D eigenvalue weighted by molar-refractivity contribution is 6.33. The van der Waals surface area contributed by atoms with Gasteiger partial charge in [-0.25, -0.2) is 14.7 Å². The first-order chi connectivity index (χ1) is 16.2. The van der Waals surface area contributed by atoms with Gasteiger partial charge in [0.1, 0.15) is 11.4 Å². The van der Waals surface area contributed by atoms with Gasteiger partial charge >= 0.3 is 12.2 Å². The number of nitrogens with one attached hydrogen (secondary N) is 1. The quantitative estimate of drug-likeness (QED) is 0.664. The normalized spacial score (nSPS) is 23.4. The summed E-state index contributed by atoms with van der Waals surface area (Å²) in [6.07, 6.45) is -1.94. The Kier molecular flexibility index (Phi) is 5.68. The minimum absolute atomic E-state index is 0.0584. The van der Waals surface area contributed by atoms with Gasteiger partial charge in [-0.1, -0.05) is 35.9 Å². The Morgan fingerprint density at radius 2 is 1.79 bits per heavy atom. The van der Waals surface area contributed by atoms with Crippen molar-refractivity contribution < 1.29 is 22.8 Å². The van der Waals surface area contributed by atoms with E-state index in [1.54, 1.807) is 0 Å². The largest absolute Gasteiger partial charge is 0.417 e. The molecule has 3 heterocycles. The summed E-state index contributed by atoms with van der Waals surface area (Å²) in [5, 5.41) is 2.88. The molecule has 1 spiro atoms. The lowest BCUT2D eigenvalue weighted by molar-refractivity contribution is -0.138. The minimum atomic E-state index is -4.51. The topological polar surface area (TPSA) is 68.8 Å². The van der Waals surface area contributed by atoms with Crippen LogP contribution >= 0.6 is 11.6 Å². The summed E-state index contributed by atoms with van der Waals surface area (Å²) in [6, 6.07) is 8.46. The number of carbonyl (C=O) groups is 2. The fraction of sp³-hybridized carbons (Fsp3) is 0.435. The van der Waals surface area contributed by atoms with Crippen molar-refractivity contribution in [1.82, 2.24) is 20.1 Å². The number of piperazine rings is 1. The zero-order chi connectivity index (χ0) is 24.1. The van der Waals surface area contributed by atoms with Crippen LogP contribution in [-0.4, -0.2) is 65.1 Å². The number of carbonyl (C=O) groups excluding carboxylic acids is 2. The molecule has 1 aromatic heterocycles. The number of halogens is 4. The number of hydrogen-bond donors (Lipinski definition) is 1. The van der Waals surface area contributed by atoms with Crippen LogP contribution in [0.3, 0.4) is 0 Å². The van der Waals surface area contributed by atoms with E-state index in [9.17, 15) is 22.8 Å². The highest BCUT2D eigenvalue weighted by Crippen LogP contribution is 2.35. The SMILES string of the molecule is O=C1NC2(CCc3ccccc3C2)C(=O)N1CN1CCN(c2ncc(C(F)(F)F)cc2Cl)CC1. The molecule has 2 aromatic rings. The van der Waals surface area contributed by atoms with E-state index in [0.717, 1.165) is 24.2 Å². The number of aromatic nitrogens is 1. The second kappa shape index (κ2) is 8.42. The molecule has 180 valence electrons. The molecule has 1 aromatic carbocycles. The number of amides is 3. The molecule has 3 aliphatic rings. The van der Waals surface area contributed by atoms with E-state index in [4.69, 9.17) is 11.6 Å². The molecule has 11 heteroatoms. The van der Waals surface area contributed by atoms with Crippen molar-refractivity contribution in [2.24, 2.45) is 0 Å². The van der Waals surface area contributed by atoms with Gasteiger partial charge < -0.3 is 10.2 Å². The van der Waals surface area contributed by atoms with Gasteiger partial charge in [0.25, 0.3) is 5.91 Å². The number of benzene rings is 1. The highest BCUT2D eigenvalue weighted by Gasteiger charge is 2.52. The van der Waals surface area contributed by atoms with Crippen molar-refractivity contribution in [2.75, 3.05) is 37.7 Å². The Labute approximate surface area is 199 Å². The van der Waals surface area contributed by atoms with E-state index in [1.807, 2.05) is 28.0 Å². The molecule has 0 bridgehead atoms. The molecule has 1 N–H and O–H groups in total. The highest BCUT2D eigenvalue weighted by atomic mass is 35.5. The summed E-state index contributed by atoms with van der Waals surface area (Å²) < 4.78 is 38.6. The molecule has 34 heavy (non-hydrogen) atoms. The van der Waals surface area contributed by atoms with Crippen molar-refractivity contribution in [1.29, 1.82) is 0 Å². The van der Waals surface area contributed by atoms with Gasteiger partial charge in [-0.3, -0.25) is 9.69 Å². The Hall–Kier alpha value is -2.85. The summed E-state index contributed by atoms with van der Waals surface area (Å²) >= 11 is 6.08. The van der Waals surface area contributed by atoms with Crippen LogP contribution in [0, 0.1) is 0 Å². The van der Waals surface area contributed by atoms with Gasteiger partial charge in [0.05, 0.1) is 17.3 Å². The molecule has 1 unspecified atom stereocenters. The van der Waals surface area contributed by atoms with E-state index in [1.165, 1.54) is 10.5 Å². The number of fused-ring (bicyclic) bond motifs is 1. The summed E-state index contributed by atoms with van der Waals surface area (Å²) in [5.41, 5.74) is 0.502. The third-order valence-electron chi connectivity index (χ3n) is 6.84. The van der Waals surface area contributed by atoms with Gasteiger partial charge in [0.2, 0.25) is 0 Å². The summed E-state index contributed by atoms with van der Waals surface area (Å²) in [5.74, 6) is 0.0889. The van der Waals surface area contributed by atoms with Crippen LogP contribution in [-0.2, 0) is 23.8 Å². The number of imide groups is 1. The fourth-order valence-corrected chi connectivity index (χ4v) is 5.23. The van der Waals surface area contributed by atoms with E-state index >= 15 is 0 Å². The first-order valence-electron chi connectivity index (χ1n) is 11.1. The minimum Gasteiger partial charge on any atom is -0.353 e. The third-order valence-corrected chi connectivity index (χ3v) is 7.12. The average molecular weight is 494 g/mol. The van der Waals surface area contributed by atoms with Gasteiger partial charge in [0, 0.05) is 38.8 Å². The van der Waals surface area contributed by atoms with Crippen molar-refractivity contribution in [3.8, 4) is 0 Å². The van der Waals surface area contributed by atoms with Gasteiger partial charge in [0.15, 0.2) is 0 Å². The number of urea groups is 1. The summed E-state index contributed by atoms with van der Waals surface area (Å²) in [7, 11) is 0. The number of aryl methyl sites for hydroxylation is 1. The van der Waals surface area contributed by atoms with Crippen LogP contribution in [0.4, 0.5) is 23.8 Å². The maximum Gasteiger partial charge on any atom is 0.417 e. The molecule has 1 atom stereocenters. The molecule has 5 rings (SSSR count). The van der Waals surface area contributed by atoms with Crippen LogP contribution < -0.4 is 10.2 Å². The van der Waals surface area contributed by atoms with E-state index in [-0.39, 0.29) is 23.6 Å². The Balaban J connectivity index is 1.22. The molecule has 2 aliphatic heterocycles. The van der Waals surface area contributed by atoms with Gasteiger partial charge in [-0.2, -0.15) is 13.2 Å². The molecule has 0 radical (unpaired) electrons. The Bertz CT molecular complexity index is 1140.